The first-order valence-electron chi connectivity index (χ1n) is 16.4. The molecule has 3 aromatic heterocycles. The molecule has 8 heteroatoms. The van der Waals surface area contributed by atoms with E-state index in [4.69, 9.17) is 29.4 Å². The summed E-state index contributed by atoms with van der Waals surface area (Å²) in [6, 6.07) is 44.7. The molecule has 0 aliphatic carbocycles. The second-order valence-corrected chi connectivity index (χ2v) is 12.4. The van der Waals surface area contributed by atoms with Gasteiger partial charge in [0.15, 0.2) is 23.0 Å². The van der Waals surface area contributed by atoms with Crippen molar-refractivity contribution in [1.82, 2.24) is 19.9 Å². The summed E-state index contributed by atoms with van der Waals surface area (Å²) in [7, 11) is 0. The van der Waals surface area contributed by atoms with Crippen LogP contribution in [0.15, 0.2) is 146 Å². The molecule has 5 heterocycles. The molecule has 0 saturated carbocycles. The monoisotopic (exact) mass is 644 g/mol. The SMILES string of the molecule is c1ccc2c(c1)Oc1ccccc1N2c1cnc2c(ccc3nc4ccc5cc(N6c7ccccc7Oc7ccccc76)cnc5c4nc32)c1. The van der Waals surface area contributed by atoms with Crippen LogP contribution in [-0.4, -0.2) is 19.9 Å². The Kier molecular flexibility index (Phi) is 5.51. The normalized spacial score (nSPS) is 13.0. The minimum Gasteiger partial charge on any atom is -0.453 e. The highest BCUT2D eigenvalue weighted by molar-refractivity contribution is 6.09. The van der Waals surface area contributed by atoms with Gasteiger partial charge in [-0.2, -0.15) is 0 Å². The summed E-state index contributed by atoms with van der Waals surface area (Å²) in [4.78, 5) is 24.6. The minimum atomic E-state index is 0.735. The van der Waals surface area contributed by atoms with Crippen LogP contribution >= 0.6 is 0 Å². The summed E-state index contributed by atoms with van der Waals surface area (Å²) in [5, 5.41) is 1.93. The van der Waals surface area contributed by atoms with E-state index in [2.05, 4.69) is 58.3 Å². The molecule has 0 fully saturated rings. The highest BCUT2D eigenvalue weighted by Crippen LogP contribution is 2.51. The molecule has 2 aliphatic rings. The summed E-state index contributed by atoms with van der Waals surface area (Å²) in [6.07, 6.45) is 3.80. The van der Waals surface area contributed by atoms with Gasteiger partial charge in [-0.05, 0) is 72.8 Å². The predicted octanol–water partition coefficient (Wildman–Crippen LogP) is 11.0. The van der Waals surface area contributed by atoms with E-state index in [9.17, 15) is 0 Å². The number of hydrogen-bond acceptors (Lipinski definition) is 8. The molecule has 0 bridgehead atoms. The zero-order valence-electron chi connectivity index (χ0n) is 26.4. The predicted molar refractivity (Wildman–Crippen MR) is 197 cm³/mol. The van der Waals surface area contributed by atoms with Crippen LogP contribution in [0, 0.1) is 0 Å². The molecule has 6 aromatic carbocycles. The van der Waals surface area contributed by atoms with Gasteiger partial charge in [-0.25, -0.2) is 9.97 Å². The van der Waals surface area contributed by atoms with Gasteiger partial charge in [0.05, 0.1) is 68.6 Å². The van der Waals surface area contributed by atoms with Gasteiger partial charge in [-0.3, -0.25) is 9.97 Å². The first-order chi connectivity index (χ1) is 24.8. The van der Waals surface area contributed by atoms with Crippen molar-refractivity contribution < 1.29 is 9.47 Å². The smallest absolute Gasteiger partial charge is 0.151 e. The lowest BCUT2D eigenvalue weighted by atomic mass is 10.1. The van der Waals surface area contributed by atoms with Crippen molar-refractivity contribution in [2.75, 3.05) is 9.80 Å². The molecule has 2 aliphatic heterocycles. The van der Waals surface area contributed by atoms with Gasteiger partial charge in [-0.15, -0.1) is 0 Å². The van der Waals surface area contributed by atoms with Crippen molar-refractivity contribution >= 4 is 78.0 Å². The molecule has 0 saturated heterocycles. The zero-order chi connectivity index (χ0) is 32.8. The van der Waals surface area contributed by atoms with E-state index in [1.54, 1.807) is 0 Å². The van der Waals surface area contributed by atoms with Crippen LogP contribution in [0.25, 0.3) is 43.9 Å². The average molecular weight is 645 g/mol. The van der Waals surface area contributed by atoms with Gasteiger partial charge >= 0.3 is 0 Å². The third-order valence-electron chi connectivity index (χ3n) is 9.43. The largest absolute Gasteiger partial charge is 0.453 e. The molecule has 0 amide bonds. The Labute approximate surface area is 285 Å². The average Bonchev–Trinajstić information content (AvgIpc) is 3.17. The van der Waals surface area contributed by atoms with E-state index in [1.807, 2.05) is 97.3 Å². The third-order valence-corrected chi connectivity index (χ3v) is 9.43. The maximum Gasteiger partial charge on any atom is 0.151 e. The standard InChI is InChI=1S/C42H24N6O2/c1-5-13-35-31(9-1)47(32-10-2-6-14-36(32)49-35)27-21-25-17-19-29-41(39(25)43-23-27)46-42-30(45-29)20-18-26-22-28(24-44-40(26)42)48-33-11-3-7-15-37(33)50-38-16-8-4-12-34(38)48/h1-24H. The van der Waals surface area contributed by atoms with Crippen molar-refractivity contribution in [3.63, 3.8) is 0 Å². The number of aromatic nitrogens is 4. The lowest BCUT2D eigenvalue weighted by Gasteiger charge is -2.32. The first-order valence-corrected chi connectivity index (χ1v) is 16.4. The fourth-order valence-corrected chi connectivity index (χ4v) is 7.18. The fourth-order valence-electron chi connectivity index (χ4n) is 7.18. The van der Waals surface area contributed by atoms with Crippen LogP contribution in [0.4, 0.5) is 34.1 Å². The van der Waals surface area contributed by atoms with E-state index in [-0.39, 0.29) is 0 Å². The van der Waals surface area contributed by atoms with Crippen molar-refractivity contribution in [3.8, 4) is 23.0 Å². The van der Waals surface area contributed by atoms with Gasteiger partial charge in [-0.1, -0.05) is 60.7 Å². The molecular weight excluding hydrogens is 621 g/mol. The molecule has 9 aromatic rings. The number of anilines is 6. The number of fused-ring (bicyclic) bond motifs is 10. The molecule has 0 atom stereocenters. The van der Waals surface area contributed by atoms with Gasteiger partial charge in [0.2, 0.25) is 0 Å². The lowest BCUT2D eigenvalue weighted by Crippen LogP contribution is -2.15. The Morgan fingerprint density at radius 3 is 1.16 bits per heavy atom. The van der Waals surface area contributed by atoms with Gasteiger partial charge < -0.3 is 19.3 Å². The minimum absolute atomic E-state index is 0.735. The van der Waals surface area contributed by atoms with Gasteiger partial charge in [0.1, 0.15) is 11.0 Å². The number of rotatable bonds is 2. The van der Waals surface area contributed by atoms with Crippen LogP contribution in [0.1, 0.15) is 0 Å². The highest BCUT2D eigenvalue weighted by atomic mass is 16.5. The zero-order valence-corrected chi connectivity index (χ0v) is 26.4. The Morgan fingerprint density at radius 2 is 0.760 bits per heavy atom. The summed E-state index contributed by atoms with van der Waals surface area (Å²) >= 11 is 0. The number of para-hydroxylation sites is 8. The summed E-state index contributed by atoms with van der Waals surface area (Å²) in [5.41, 5.74) is 10.3. The van der Waals surface area contributed by atoms with Gasteiger partial charge in [0, 0.05) is 10.8 Å². The third kappa shape index (κ3) is 3.93. The van der Waals surface area contributed by atoms with Crippen LogP contribution in [0.3, 0.4) is 0 Å². The Morgan fingerprint density at radius 1 is 0.380 bits per heavy atom. The maximum atomic E-state index is 6.23. The summed E-state index contributed by atoms with van der Waals surface area (Å²) < 4.78 is 12.5. The number of hydrogen-bond donors (Lipinski definition) is 0. The molecule has 8 nitrogen and oxygen atoms in total. The van der Waals surface area contributed by atoms with E-state index >= 15 is 0 Å². The Bertz CT molecular complexity index is 2590. The quantitative estimate of drug-likeness (QED) is 0.136. The second kappa shape index (κ2) is 10.2. The van der Waals surface area contributed by atoms with E-state index in [0.29, 0.717) is 0 Å². The maximum absolute atomic E-state index is 6.23. The number of benzene rings is 6. The Balaban J connectivity index is 1.06. The molecular formula is C42H24N6O2. The number of ether oxygens (including phenoxy) is 2. The Hall–Kier alpha value is -7.06. The first kappa shape index (κ1) is 26.9. The van der Waals surface area contributed by atoms with E-state index in [0.717, 1.165) is 101 Å². The lowest BCUT2D eigenvalue weighted by molar-refractivity contribution is 0.476. The van der Waals surface area contributed by atoms with Crippen molar-refractivity contribution in [1.29, 1.82) is 0 Å². The van der Waals surface area contributed by atoms with Crippen LogP contribution < -0.4 is 19.3 Å². The van der Waals surface area contributed by atoms with E-state index in [1.165, 1.54) is 0 Å². The molecule has 50 heavy (non-hydrogen) atoms. The van der Waals surface area contributed by atoms with Crippen LogP contribution in [-0.2, 0) is 0 Å². The summed E-state index contributed by atoms with van der Waals surface area (Å²) in [6.45, 7) is 0. The number of nitrogens with zero attached hydrogens (tertiary/aromatic N) is 6. The second-order valence-electron chi connectivity index (χ2n) is 12.4. The van der Waals surface area contributed by atoms with Crippen molar-refractivity contribution in [2.45, 2.75) is 0 Å². The topological polar surface area (TPSA) is 76.5 Å². The van der Waals surface area contributed by atoms with E-state index < -0.39 is 0 Å². The highest BCUT2D eigenvalue weighted by Gasteiger charge is 2.27. The molecule has 0 spiro atoms. The van der Waals surface area contributed by atoms with Crippen molar-refractivity contribution in [2.24, 2.45) is 0 Å². The summed E-state index contributed by atoms with van der Waals surface area (Å²) in [5.74, 6) is 3.19. The molecule has 0 radical (unpaired) electrons. The fraction of sp³-hybridized carbons (Fsp3) is 0. The molecule has 11 rings (SSSR count). The molecule has 234 valence electrons. The molecule has 0 unspecified atom stereocenters. The van der Waals surface area contributed by atoms with Gasteiger partial charge in [0.25, 0.3) is 0 Å². The number of pyridine rings is 2. The molecule has 0 N–H and O–H groups in total. The van der Waals surface area contributed by atoms with Crippen LogP contribution in [0.2, 0.25) is 0 Å². The van der Waals surface area contributed by atoms with Crippen LogP contribution in [0.5, 0.6) is 23.0 Å². The van der Waals surface area contributed by atoms with Crippen molar-refractivity contribution in [3.05, 3.63) is 146 Å².